The molecule has 4 rings (SSSR count). The first-order chi connectivity index (χ1) is 11.7. The van der Waals surface area contributed by atoms with Gasteiger partial charge in [-0.3, -0.25) is 9.59 Å². The minimum Gasteiger partial charge on any atom is -0.349 e. The predicted molar refractivity (Wildman–Crippen MR) is 94.2 cm³/mol. The molecule has 1 aromatic heterocycles. The van der Waals surface area contributed by atoms with E-state index < -0.39 is 0 Å². The summed E-state index contributed by atoms with van der Waals surface area (Å²) in [6, 6.07) is 9.78. The van der Waals surface area contributed by atoms with Gasteiger partial charge in [0.2, 0.25) is 5.91 Å². The number of nitrogens with zero attached hydrogens (tertiary/aromatic N) is 2. The van der Waals surface area contributed by atoms with Crippen LogP contribution in [0.1, 0.15) is 29.6 Å². The Balaban J connectivity index is 1.58. The Morgan fingerprint density at radius 2 is 2.04 bits per heavy atom. The maximum Gasteiger partial charge on any atom is 0.252 e. The summed E-state index contributed by atoms with van der Waals surface area (Å²) in [5.41, 5.74) is 1.44. The van der Waals surface area contributed by atoms with Gasteiger partial charge in [0.1, 0.15) is 0 Å². The average Bonchev–Trinajstić information content (AvgIpc) is 3.34. The Morgan fingerprint density at radius 1 is 1.25 bits per heavy atom. The lowest BCUT2D eigenvalue weighted by atomic mass is 10.1. The Morgan fingerprint density at radius 3 is 2.75 bits per heavy atom. The third-order valence-electron chi connectivity index (χ3n) is 4.40. The Hall–Kier alpha value is -2.08. The fourth-order valence-electron chi connectivity index (χ4n) is 2.70. The fraction of sp³-hybridized carbons (Fsp3) is 0.389. The Kier molecular flexibility index (Phi) is 4.14. The fourth-order valence-corrected chi connectivity index (χ4v) is 3.51. The number of benzene rings is 1. The van der Waals surface area contributed by atoms with Gasteiger partial charge in [-0.05, 0) is 31.4 Å². The molecule has 0 bridgehead atoms. The van der Waals surface area contributed by atoms with Crippen molar-refractivity contribution in [1.82, 2.24) is 15.2 Å². The molecule has 0 unspecified atom stereocenters. The summed E-state index contributed by atoms with van der Waals surface area (Å²) in [6.07, 6.45) is 3.21. The van der Waals surface area contributed by atoms with Crippen LogP contribution in [-0.2, 0) is 4.79 Å². The van der Waals surface area contributed by atoms with Crippen molar-refractivity contribution >= 4 is 34.5 Å². The number of rotatable bonds is 5. The molecule has 2 aliphatic rings. The minimum atomic E-state index is -0.0491. The van der Waals surface area contributed by atoms with Gasteiger partial charge in [0, 0.05) is 24.5 Å². The topological polar surface area (TPSA) is 62.3 Å². The highest BCUT2D eigenvalue weighted by Gasteiger charge is 2.25. The largest absolute Gasteiger partial charge is 0.349 e. The van der Waals surface area contributed by atoms with E-state index in [4.69, 9.17) is 0 Å². The van der Waals surface area contributed by atoms with Crippen LogP contribution in [-0.4, -0.2) is 46.6 Å². The molecule has 6 heteroatoms. The lowest BCUT2D eigenvalue weighted by molar-refractivity contribution is -0.131. The summed E-state index contributed by atoms with van der Waals surface area (Å²) in [5, 5.41) is 4.62. The molecule has 0 radical (unpaired) electrons. The number of thioether (sulfide) groups is 1. The average molecular weight is 341 g/mol. The molecule has 0 atom stereocenters. The zero-order valence-corrected chi connectivity index (χ0v) is 14.1. The van der Waals surface area contributed by atoms with Crippen molar-refractivity contribution in [3.05, 3.63) is 35.9 Å². The van der Waals surface area contributed by atoms with E-state index in [0.29, 0.717) is 17.4 Å². The van der Waals surface area contributed by atoms with E-state index in [9.17, 15) is 9.59 Å². The van der Waals surface area contributed by atoms with Crippen molar-refractivity contribution < 1.29 is 9.59 Å². The van der Waals surface area contributed by atoms with E-state index in [2.05, 4.69) is 10.3 Å². The lowest BCUT2D eigenvalue weighted by Gasteiger charge is -2.30. The summed E-state index contributed by atoms with van der Waals surface area (Å²) in [5.74, 6) is 0.465. The van der Waals surface area contributed by atoms with Crippen molar-refractivity contribution in [1.29, 1.82) is 0 Å². The summed E-state index contributed by atoms with van der Waals surface area (Å²) in [7, 11) is 0. The van der Waals surface area contributed by atoms with Gasteiger partial charge in [0.25, 0.3) is 5.91 Å². The molecule has 1 aromatic carbocycles. The van der Waals surface area contributed by atoms with Gasteiger partial charge in [-0.2, -0.15) is 0 Å². The van der Waals surface area contributed by atoms with Crippen molar-refractivity contribution in [3.63, 3.8) is 0 Å². The number of para-hydroxylation sites is 1. The van der Waals surface area contributed by atoms with Crippen molar-refractivity contribution in [3.8, 4) is 0 Å². The van der Waals surface area contributed by atoms with E-state index in [-0.39, 0.29) is 11.8 Å². The molecule has 1 N–H and O–H groups in total. The van der Waals surface area contributed by atoms with E-state index in [1.54, 1.807) is 0 Å². The molecule has 2 heterocycles. The molecule has 2 aromatic rings. The zero-order valence-electron chi connectivity index (χ0n) is 13.3. The molecule has 5 nitrogen and oxygen atoms in total. The molecule has 24 heavy (non-hydrogen) atoms. The number of hydrogen-bond donors (Lipinski definition) is 1. The number of amides is 2. The number of aromatic nitrogens is 1. The summed E-state index contributed by atoms with van der Waals surface area (Å²) >= 11 is 1.40. The zero-order chi connectivity index (χ0) is 16.5. The monoisotopic (exact) mass is 341 g/mol. The van der Waals surface area contributed by atoms with Gasteiger partial charge in [0.15, 0.2) is 0 Å². The first-order valence-electron chi connectivity index (χ1n) is 8.32. The highest BCUT2D eigenvalue weighted by atomic mass is 32.2. The van der Waals surface area contributed by atoms with Crippen LogP contribution in [0.15, 0.2) is 35.4 Å². The van der Waals surface area contributed by atoms with Crippen LogP contribution in [0, 0.1) is 0 Å². The molecule has 1 saturated heterocycles. The first-order valence-corrected chi connectivity index (χ1v) is 9.30. The number of hydrogen-bond acceptors (Lipinski definition) is 4. The molecule has 1 saturated carbocycles. The van der Waals surface area contributed by atoms with Crippen molar-refractivity contribution in [2.45, 2.75) is 30.3 Å². The highest BCUT2D eigenvalue weighted by molar-refractivity contribution is 7.99. The second-order valence-corrected chi connectivity index (χ2v) is 7.29. The Bertz CT molecular complexity index is 800. The van der Waals surface area contributed by atoms with E-state index >= 15 is 0 Å². The van der Waals surface area contributed by atoms with Crippen molar-refractivity contribution in [2.24, 2.45) is 0 Å². The van der Waals surface area contributed by atoms with Gasteiger partial charge in [-0.1, -0.05) is 30.0 Å². The molecule has 0 spiro atoms. The van der Waals surface area contributed by atoms with Crippen molar-refractivity contribution in [2.75, 3.05) is 18.8 Å². The summed E-state index contributed by atoms with van der Waals surface area (Å²) < 4.78 is 0. The standard InChI is InChI=1S/C18H19N3O2S/c22-17(21-8-3-9-21)11-24-16-10-14(18(23)19-12-6-7-12)13-4-1-2-5-15(13)20-16/h1-2,4-5,10,12H,3,6-9,11H2,(H,19,23). The van der Waals surface area contributed by atoms with Gasteiger partial charge in [0.05, 0.1) is 21.9 Å². The van der Waals surface area contributed by atoms with Crippen LogP contribution in [0.4, 0.5) is 0 Å². The highest BCUT2D eigenvalue weighted by Crippen LogP contribution is 2.26. The van der Waals surface area contributed by atoms with Crippen LogP contribution in [0.5, 0.6) is 0 Å². The molecule has 2 fully saturated rings. The number of carbonyl (C=O) groups is 2. The van der Waals surface area contributed by atoms with Gasteiger partial charge in [-0.25, -0.2) is 4.98 Å². The predicted octanol–water partition coefficient (Wildman–Crippen LogP) is 2.45. The number of pyridine rings is 1. The quantitative estimate of drug-likeness (QED) is 0.849. The number of likely N-dealkylation sites (tertiary alicyclic amines) is 1. The summed E-state index contributed by atoms with van der Waals surface area (Å²) in [6.45, 7) is 1.72. The van der Waals surface area contributed by atoms with Gasteiger partial charge >= 0.3 is 0 Å². The van der Waals surface area contributed by atoms with Crippen LogP contribution < -0.4 is 5.32 Å². The number of nitrogens with one attached hydrogen (secondary N) is 1. The van der Waals surface area contributed by atoms with Gasteiger partial charge < -0.3 is 10.2 Å². The SMILES string of the molecule is O=C(NC1CC1)c1cc(SCC(=O)N2CCC2)nc2ccccc12. The van der Waals surface area contributed by atoms with E-state index in [1.165, 1.54) is 11.8 Å². The molecule has 124 valence electrons. The molecule has 1 aliphatic carbocycles. The Labute approximate surface area is 144 Å². The maximum absolute atomic E-state index is 12.5. The minimum absolute atomic E-state index is 0.0491. The smallest absolute Gasteiger partial charge is 0.252 e. The second-order valence-electron chi connectivity index (χ2n) is 6.30. The lowest BCUT2D eigenvalue weighted by Crippen LogP contribution is -2.43. The van der Waals surface area contributed by atoms with Crippen LogP contribution in [0.2, 0.25) is 0 Å². The number of fused-ring (bicyclic) bond motifs is 1. The normalized spacial score (nSPS) is 16.8. The maximum atomic E-state index is 12.5. The second kappa shape index (κ2) is 6.43. The van der Waals surface area contributed by atoms with Gasteiger partial charge in [-0.15, -0.1) is 0 Å². The molecule has 2 amide bonds. The molecular weight excluding hydrogens is 322 g/mol. The third kappa shape index (κ3) is 3.24. The van der Waals surface area contributed by atoms with Crippen LogP contribution in [0.25, 0.3) is 10.9 Å². The van der Waals surface area contributed by atoms with E-state index in [0.717, 1.165) is 48.3 Å². The molecular formula is C18H19N3O2S. The third-order valence-corrected chi connectivity index (χ3v) is 5.30. The van der Waals surface area contributed by atoms with Crippen LogP contribution >= 0.6 is 11.8 Å². The number of carbonyl (C=O) groups excluding carboxylic acids is 2. The first kappa shape index (κ1) is 15.4. The van der Waals surface area contributed by atoms with Crippen LogP contribution in [0.3, 0.4) is 0 Å². The molecule has 1 aliphatic heterocycles. The van der Waals surface area contributed by atoms with E-state index in [1.807, 2.05) is 35.2 Å². The summed E-state index contributed by atoms with van der Waals surface area (Å²) in [4.78, 5) is 31.0.